The molecule has 0 saturated carbocycles. The Hall–Kier alpha value is -5.42. The highest BCUT2D eigenvalue weighted by molar-refractivity contribution is 6.14. The smallest absolute Gasteiger partial charge is 0.279 e. The Morgan fingerprint density at radius 2 is 1.08 bits per heavy atom. The van der Waals surface area contributed by atoms with E-state index in [4.69, 9.17) is 42.6 Å². The average Bonchev–Trinajstić information content (AvgIpc) is 3.57. The van der Waals surface area contributed by atoms with Gasteiger partial charge in [0.15, 0.2) is 0 Å². The van der Waals surface area contributed by atoms with Gasteiger partial charge in [0.25, 0.3) is 5.79 Å². The number of ketones is 2. The highest BCUT2D eigenvalue weighted by Crippen LogP contribution is 2.57. The zero-order chi connectivity index (χ0) is 34.2. The zero-order valence-corrected chi connectivity index (χ0v) is 27.8. The number of methoxy groups -OCH3 is 7. The maximum absolute atomic E-state index is 15.0. The van der Waals surface area contributed by atoms with Crippen LogP contribution >= 0.6 is 0 Å². The standard InChI is InChI=1S/C37H36O11/c1-40-23-12-8-21(9-13-23)19-36(34(38)30-26(43-4)16-25(42-3)17-28(30)47-36)32-29(45-6)18-27(44-5)31-33(32)48-37(46-7,35(31)39)20-22-10-14-24(41-2)15-11-22/h8-18H,19-20H2,1-7H3. The van der Waals surface area contributed by atoms with E-state index in [1.54, 1.807) is 56.7 Å². The summed E-state index contributed by atoms with van der Waals surface area (Å²) in [5, 5.41) is 0. The number of ether oxygens (including phenoxy) is 9. The van der Waals surface area contributed by atoms with E-state index in [-0.39, 0.29) is 58.3 Å². The number of rotatable bonds is 12. The van der Waals surface area contributed by atoms with E-state index in [0.717, 1.165) is 11.1 Å². The largest absolute Gasteiger partial charge is 0.497 e. The first kappa shape index (κ1) is 32.5. The summed E-state index contributed by atoms with van der Waals surface area (Å²) in [7, 11) is 10.4. The predicted octanol–water partition coefficient (Wildman–Crippen LogP) is 5.61. The minimum absolute atomic E-state index is 0.0150. The first-order valence-electron chi connectivity index (χ1n) is 15.1. The van der Waals surface area contributed by atoms with E-state index in [9.17, 15) is 9.59 Å². The highest BCUT2D eigenvalue weighted by atomic mass is 16.7. The lowest BCUT2D eigenvalue weighted by Gasteiger charge is -2.32. The summed E-state index contributed by atoms with van der Waals surface area (Å²) in [4.78, 5) is 29.4. The zero-order valence-electron chi connectivity index (χ0n) is 27.8. The first-order chi connectivity index (χ1) is 23.2. The molecular weight excluding hydrogens is 620 g/mol. The maximum Gasteiger partial charge on any atom is 0.279 e. The summed E-state index contributed by atoms with van der Waals surface area (Å²) < 4.78 is 52.7. The van der Waals surface area contributed by atoms with Gasteiger partial charge in [-0.05, 0) is 35.4 Å². The van der Waals surface area contributed by atoms with Gasteiger partial charge in [-0.3, -0.25) is 9.59 Å². The molecule has 4 aromatic rings. The van der Waals surface area contributed by atoms with Gasteiger partial charge in [0.05, 0.1) is 48.2 Å². The lowest BCUT2D eigenvalue weighted by Crippen LogP contribution is -2.45. The van der Waals surface area contributed by atoms with Gasteiger partial charge in [0.1, 0.15) is 57.1 Å². The Kier molecular flexibility index (Phi) is 8.57. The molecule has 0 saturated heterocycles. The Morgan fingerprint density at radius 1 is 0.542 bits per heavy atom. The van der Waals surface area contributed by atoms with E-state index < -0.39 is 23.0 Å². The second kappa shape index (κ2) is 12.6. The third kappa shape index (κ3) is 5.11. The van der Waals surface area contributed by atoms with Crippen LogP contribution in [0.1, 0.15) is 37.4 Å². The second-order valence-corrected chi connectivity index (χ2v) is 11.3. The minimum atomic E-state index is -1.80. The lowest BCUT2D eigenvalue weighted by atomic mass is 9.80. The number of Topliss-reactive ketones (excluding diaryl/α,β-unsaturated/α-hetero) is 2. The van der Waals surface area contributed by atoms with Crippen molar-refractivity contribution in [1.82, 2.24) is 0 Å². The molecule has 250 valence electrons. The van der Waals surface area contributed by atoms with Crippen molar-refractivity contribution in [3.63, 3.8) is 0 Å². The number of hydrogen-bond acceptors (Lipinski definition) is 11. The van der Waals surface area contributed by atoms with Crippen molar-refractivity contribution in [3.05, 3.63) is 94.5 Å². The topological polar surface area (TPSA) is 117 Å². The van der Waals surface area contributed by atoms with Crippen molar-refractivity contribution in [3.8, 4) is 46.0 Å². The lowest BCUT2D eigenvalue weighted by molar-refractivity contribution is -0.118. The van der Waals surface area contributed by atoms with Gasteiger partial charge < -0.3 is 42.6 Å². The molecule has 0 aromatic heterocycles. The summed E-state index contributed by atoms with van der Waals surface area (Å²) in [6.07, 6.45) is 0.0541. The molecule has 0 spiro atoms. The van der Waals surface area contributed by atoms with E-state index in [1.165, 1.54) is 35.5 Å². The Bertz CT molecular complexity index is 1870. The molecular formula is C37H36O11. The molecule has 2 aliphatic rings. The van der Waals surface area contributed by atoms with Gasteiger partial charge in [-0.15, -0.1) is 0 Å². The number of fused-ring (bicyclic) bond motifs is 2. The maximum atomic E-state index is 15.0. The van der Waals surface area contributed by atoms with Crippen LogP contribution in [0.5, 0.6) is 46.0 Å². The molecule has 48 heavy (non-hydrogen) atoms. The second-order valence-electron chi connectivity index (χ2n) is 11.3. The molecule has 0 N–H and O–H groups in total. The van der Waals surface area contributed by atoms with Gasteiger partial charge in [-0.25, -0.2) is 0 Å². The molecule has 0 amide bonds. The molecule has 0 fully saturated rings. The molecule has 11 heteroatoms. The third-order valence-electron chi connectivity index (χ3n) is 8.80. The van der Waals surface area contributed by atoms with Crippen LogP contribution in [0.3, 0.4) is 0 Å². The summed E-state index contributed by atoms with van der Waals surface area (Å²) in [5.74, 6) is -0.0652. The highest BCUT2D eigenvalue weighted by Gasteiger charge is 2.59. The molecule has 0 radical (unpaired) electrons. The van der Waals surface area contributed by atoms with Crippen LogP contribution in [0, 0.1) is 0 Å². The third-order valence-corrected chi connectivity index (χ3v) is 8.80. The van der Waals surface area contributed by atoms with E-state index in [0.29, 0.717) is 17.2 Å². The number of carbonyl (C=O) groups excluding carboxylic acids is 2. The van der Waals surface area contributed by atoms with Gasteiger partial charge in [-0.2, -0.15) is 0 Å². The fourth-order valence-electron chi connectivity index (χ4n) is 6.36. The molecule has 4 aromatic carbocycles. The SMILES string of the molecule is COc1ccc(CC2(OC)Oc3c(c(OC)cc(OC)c3C3(Cc4ccc(OC)cc4)Oc4cc(OC)cc(OC)c4C3=O)C2=O)cc1. The van der Waals surface area contributed by atoms with Gasteiger partial charge >= 0.3 is 0 Å². The van der Waals surface area contributed by atoms with Gasteiger partial charge in [-0.1, -0.05) is 24.3 Å². The van der Waals surface area contributed by atoms with Crippen molar-refractivity contribution in [1.29, 1.82) is 0 Å². The van der Waals surface area contributed by atoms with Crippen LogP contribution in [0.25, 0.3) is 0 Å². The van der Waals surface area contributed by atoms with E-state index in [1.807, 2.05) is 24.3 Å². The summed E-state index contributed by atoms with van der Waals surface area (Å²) in [6, 6.07) is 19.3. The Labute approximate surface area is 278 Å². The fourth-order valence-corrected chi connectivity index (χ4v) is 6.36. The monoisotopic (exact) mass is 656 g/mol. The van der Waals surface area contributed by atoms with Crippen molar-refractivity contribution in [2.24, 2.45) is 0 Å². The van der Waals surface area contributed by atoms with Crippen LogP contribution in [0.15, 0.2) is 66.7 Å². The fraction of sp³-hybridized carbons (Fsp3) is 0.297. The van der Waals surface area contributed by atoms with E-state index >= 15 is 0 Å². The summed E-state index contributed by atoms with van der Waals surface area (Å²) >= 11 is 0. The van der Waals surface area contributed by atoms with E-state index in [2.05, 4.69) is 0 Å². The van der Waals surface area contributed by atoms with Crippen molar-refractivity contribution in [2.45, 2.75) is 24.2 Å². The molecule has 2 unspecified atom stereocenters. The predicted molar refractivity (Wildman–Crippen MR) is 174 cm³/mol. The number of carbonyl (C=O) groups is 2. The van der Waals surface area contributed by atoms with Crippen LogP contribution in [-0.4, -0.2) is 67.1 Å². The summed E-state index contributed by atoms with van der Waals surface area (Å²) in [5.41, 5.74) is 0.170. The minimum Gasteiger partial charge on any atom is -0.497 e. The normalized spacial score (nSPS) is 19.1. The molecule has 0 aliphatic carbocycles. The van der Waals surface area contributed by atoms with Gasteiger partial charge in [0.2, 0.25) is 17.2 Å². The van der Waals surface area contributed by atoms with Crippen LogP contribution in [0.2, 0.25) is 0 Å². The number of hydrogen-bond donors (Lipinski definition) is 0. The first-order valence-corrected chi connectivity index (χ1v) is 15.1. The molecule has 2 aliphatic heterocycles. The van der Waals surface area contributed by atoms with Crippen molar-refractivity contribution in [2.75, 3.05) is 49.8 Å². The van der Waals surface area contributed by atoms with Crippen molar-refractivity contribution < 1.29 is 52.2 Å². The molecule has 11 nitrogen and oxygen atoms in total. The number of benzene rings is 4. The average molecular weight is 657 g/mol. The Morgan fingerprint density at radius 3 is 1.60 bits per heavy atom. The molecule has 2 heterocycles. The van der Waals surface area contributed by atoms with Gasteiger partial charge in [0, 0.05) is 38.2 Å². The van der Waals surface area contributed by atoms with Crippen LogP contribution in [-0.2, 0) is 23.2 Å². The van der Waals surface area contributed by atoms with Crippen molar-refractivity contribution >= 4 is 11.6 Å². The molecule has 6 rings (SSSR count). The Balaban J connectivity index is 1.59. The molecule has 0 bridgehead atoms. The molecule has 2 atom stereocenters. The summed E-state index contributed by atoms with van der Waals surface area (Å²) in [6.45, 7) is 0. The van der Waals surface area contributed by atoms with Crippen LogP contribution in [0.4, 0.5) is 0 Å². The van der Waals surface area contributed by atoms with Crippen LogP contribution < -0.4 is 37.9 Å². The quantitative estimate of drug-likeness (QED) is 0.189.